The van der Waals surface area contributed by atoms with Gasteiger partial charge in [0.2, 0.25) is 0 Å². The van der Waals surface area contributed by atoms with Gasteiger partial charge < -0.3 is 9.64 Å². The standard InChI is InChI=1S/C18H25N3O2S/c1-4-5-11-20(13-14-23-2)17(22)15-6-8-16(9-7-15)21-12-10-19-18(21)24-3/h6-10,12H,4-5,11,13-14H2,1-3H3. The summed E-state index contributed by atoms with van der Waals surface area (Å²) in [6.45, 7) is 4.07. The minimum atomic E-state index is 0.0581. The molecule has 0 fully saturated rings. The number of hydrogen-bond donors (Lipinski definition) is 0. The first-order valence-corrected chi connectivity index (χ1v) is 9.39. The normalized spacial score (nSPS) is 10.8. The molecule has 0 radical (unpaired) electrons. The molecule has 6 heteroatoms. The Kier molecular flexibility index (Phi) is 7.34. The zero-order valence-electron chi connectivity index (χ0n) is 14.6. The smallest absolute Gasteiger partial charge is 0.253 e. The van der Waals surface area contributed by atoms with Crippen LogP contribution in [0.15, 0.2) is 41.8 Å². The van der Waals surface area contributed by atoms with Crippen molar-refractivity contribution in [3.63, 3.8) is 0 Å². The molecule has 0 atom stereocenters. The van der Waals surface area contributed by atoms with Crippen LogP contribution in [0.5, 0.6) is 0 Å². The van der Waals surface area contributed by atoms with Crippen LogP contribution in [0.2, 0.25) is 0 Å². The Morgan fingerprint density at radius 2 is 2.04 bits per heavy atom. The van der Waals surface area contributed by atoms with Gasteiger partial charge in [-0.1, -0.05) is 25.1 Å². The van der Waals surface area contributed by atoms with Crippen LogP contribution in [-0.2, 0) is 4.74 Å². The predicted molar refractivity (Wildman–Crippen MR) is 98.0 cm³/mol. The molecule has 2 aromatic rings. The molecule has 0 unspecified atom stereocenters. The summed E-state index contributed by atoms with van der Waals surface area (Å²) in [5.74, 6) is 0.0581. The molecule has 0 aliphatic rings. The Morgan fingerprint density at radius 3 is 2.67 bits per heavy atom. The van der Waals surface area contributed by atoms with E-state index in [9.17, 15) is 4.79 Å². The molecule has 1 aromatic heterocycles. The van der Waals surface area contributed by atoms with Gasteiger partial charge in [0, 0.05) is 43.8 Å². The van der Waals surface area contributed by atoms with Crippen molar-refractivity contribution in [2.24, 2.45) is 0 Å². The maximum Gasteiger partial charge on any atom is 0.253 e. The molecule has 5 nitrogen and oxygen atoms in total. The van der Waals surface area contributed by atoms with Gasteiger partial charge in [-0.3, -0.25) is 9.36 Å². The van der Waals surface area contributed by atoms with Crippen molar-refractivity contribution in [3.05, 3.63) is 42.2 Å². The van der Waals surface area contributed by atoms with Crippen molar-refractivity contribution in [2.45, 2.75) is 24.9 Å². The first-order valence-electron chi connectivity index (χ1n) is 8.17. The van der Waals surface area contributed by atoms with Crippen LogP contribution in [0.4, 0.5) is 0 Å². The first-order chi connectivity index (χ1) is 11.7. The van der Waals surface area contributed by atoms with Crippen LogP contribution in [0.25, 0.3) is 5.69 Å². The molecule has 1 aromatic carbocycles. The molecule has 0 spiro atoms. The third kappa shape index (κ3) is 4.61. The quantitative estimate of drug-likeness (QED) is 0.652. The monoisotopic (exact) mass is 347 g/mol. The van der Waals surface area contributed by atoms with E-state index in [1.165, 1.54) is 0 Å². The molecule has 24 heavy (non-hydrogen) atoms. The maximum atomic E-state index is 12.7. The van der Waals surface area contributed by atoms with E-state index in [1.807, 2.05) is 46.2 Å². The number of thioether (sulfide) groups is 1. The van der Waals surface area contributed by atoms with Crippen LogP contribution in [0.3, 0.4) is 0 Å². The van der Waals surface area contributed by atoms with Crippen LogP contribution in [0.1, 0.15) is 30.1 Å². The minimum absolute atomic E-state index is 0.0581. The van der Waals surface area contributed by atoms with Crippen molar-refractivity contribution >= 4 is 17.7 Å². The lowest BCUT2D eigenvalue weighted by Gasteiger charge is -2.22. The predicted octanol–water partition coefficient (Wildman–Crippen LogP) is 3.48. The van der Waals surface area contributed by atoms with Crippen LogP contribution in [-0.4, -0.2) is 53.4 Å². The highest BCUT2D eigenvalue weighted by atomic mass is 32.2. The van der Waals surface area contributed by atoms with Gasteiger partial charge in [-0.2, -0.15) is 0 Å². The van der Waals surface area contributed by atoms with E-state index < -0.39 is 0 Å². The zero-order chi connectivity index (χ0) is 17.4. The van der Waals surface area contributed by atoms with Gasteiger partial charge in [0.15, 0.2) is 5.16 Å². The van der Waals surface area contributed by atoms with E-state index in [4.69, 9.17) is 4.74 Å². The lowest BCUT2D eigenvalue weighted by Crippen LogP contribution is -2.34. The summed E-state index contributed by atoms with van der Waals surface area (Å²) >= 11 is 1.59. The Morgan fingerprint density at radius 1 is 1.29 bits per heavy atom. The van der Waals surface area contributed by atoms with E-state index in [2.05, 4.69) is 11.9 Å². The Hall–Kier alpha value is -1.79. The van der Waals surface area contributed by atoms with Crippen molar-refractivity contribution in [1.29, 1.82) is 0 Å². The van der Waals surface area contributed by atoms with Gasteiger partial charge in [-0.15, -0.1) is 0 Å². The summed E-state index contributed by atoms with van der Waals surface area (Å²) in [6.07, 6.45) is 7.77. The second-order valence-corrected chi connectivity index (χ2v) is 6.24. The highest BCUT2D eigenvalue weighted by molar-refractivity contribution is 7.98. The van der Waals surface area contributed by atoms with Crippen LogP contribution < -0.4 is 0 Å². The van der Waals surface area contributed by atoms with Crippen molar-refractivity contribution in [1.82, 2.24) is 14.5 Å². The largest absolute Gasteiger partial charge is 0.383 e. The van der Waals surface area contributed by atoms with E-state index >= 15 is 0 Å². The number of carbonyl (C=O) groups excluding carboxylic acids is 1. The average molecular weight is 347 g/mol. The Bertz CT molecular complexity index is 632. The van der Waals surface area contributed by atoms with E-state index in [0.717, 1.165) is 30.2 Å². The SMILES string of the molecule is CCCCN(CCOC)C(=O)c1ccc(-n2ccnc2SC)cc1. The van der Waals surface area contributed by atoms with Gasteiger partial charge in [-0.25, -0.2) is 4.98 Å². The van der Waals surface area contributed by atoms with Crippen LogP contribution in [0, 0.1) is 0 Å². The fourth-order valence-corrected chi connectivity index (χ4v) is 2.98. The van der Waals surface area contributed by atoms with Gasteiger partial charge in [-0.05, 0) is 36.9 Å². The van der Waals surface area contributed by atoms with Crippen molar-refractivity contribution in [2.75, 3.05) is 33.1 Å². The topological polar surface area (TPSA) is 47.4 Å². The molecule has 0 N–H and O–H groups in total. The van der Waals surface area contributed by atoms with Crippen molar-refractivity contribution < 1.29 is 9.53 Å². The number of hydrogen-bond acceptors (Lipinski definition) is 4. The lowest BCUT2D eigenvalue weighted by molar-refractivity contribution is 0.0693. The molecule has 0 saturated carbocycles. The number of carbonyl (C=O) groups is 1. The zero-order valence-corrected chi connectivity index (χ0v) is 15.4. The lowest BCUT2D eigenvalue weighted by atomic mass is 10.1. The molecule has 130 valence electrons. The van der Waals surface area contributed by atoms with Gasteiger partial charge >= 0.3 is 0 Å². The highest BCUT2D eigenvalue weighted by Crippen LogP contribution is 2.19. The number of aromatic nitrogens is 2. The van der Waals surface area contributed by atoms with Gasteiger partial charge in [0.05, 0.1) is 6.61 Å². The molecule has 1 heterocycles. The van der Waals surface area contributed by atoms with Gasteiger partial charge in [0.1, 0.15) is 0 Å². The number of nitrogens with zero attached hydrogens (tertiary/aromatic N) is 3. The maximum absolute atomic E-state index is 12.7. The van der Waals surface area contributed by atoms with E-state index in [0.29, 0.717) is 18.7 Å². The summed E-state index contributed by atoms with van der Waals surface area (Å²) in [5, 5.41) is 0.929. The fourth-order valence-electron chi connectivity index (χ4n) is 2.45. The molecule has 0 saturated heterocycles. The molecular formula is C18H25N3O2S. The molecule has 2 rings (SSSR count). The molecule has 0 bridgehead atoms. The molecule has 0 aliphatic heterocycles. The number of rotatable bonds is 9. The molecule has 0 aliphatic carbocycles. The van der Waals surface area contributed by atoms with Gasteiger partial charge in [0.25, 0.3) is 5.91 Å². The highest BCUT2D eigenvalue weighted by Gasteiger charge is 2.15. The summed E-state index contributed by atoms with van der Waals surface area (Å²) in [5.41, 5.74) is 1.71. The third-order valence-corrected chi connectivity index (χ3v) is 4.48. The van der Waals surface area contributed by atoms with Crippen LogP contribution >= 0.6 is 11.8 Å². The third-order valence-electron chi connectivity index (χ3n) is 3.82. The first kappa shape index (κ1) is 18.5. The van der Waals surface area contributed by atoms with Crippen molar-refractivity contribution in [3.8, 4) is 5.69 Å². The summed E-state index contributed by atoms with van der Waals surface area (Å²) in [6, 6.07) is 7.69. The minimum Gasteiger partial charge on any atom is -0.383 e. The second kappa shape index (κ2) is 9.49. The number of imidazole rings is 1. The fraction of sp³-hybridized carbons (Fsp3) is 0.444. The number of amides is 1. The number of benzene rings is 1. The average Bonchev–Trinajstić information content (AvgIpc) is 3.10. The second-order valence-electron chi connectivity index (χ2n) is 5.47. The Labute approximate surface area is 148 Å². The molecular weight excluding hydrogens is 322 g/mol. The number of ether oxygens (including phenoxy) is 1. The molecule has 1 amide bonds. The number of methoxy groups -OCH3 is 1. The van der Waals surface area contributed by atoms with E-state index in [1.54, 1.807) is 25.1 Å². The Balaban J connectivity index is 2.14. The number of unbranched alkanes of at least 4 members (excludes halogenated alkanes) is 1. The summed E-state index contributed by atoms with van der Waals surface area (Å²) < 4.78 is 7.14. The summed E-state index contributed by atoms with van der Waals surface area (Å²) in [7, 11) is 1.66. The summed E-state index contributed by atoms with van der Waals surface area (Å²) in [4.78, 5) is 18.9. The van der Waals surface area contributed by atoms with E-state index in [-0.39, 0.29) is 5.91 Å².